The summed E-state index contributed by atoms with van der Waals surface area (Å²) >= 11 is 0. The Hall–Kier alpha value is -2.48. The molecule has 2 unspecified atom stereocenters. The molecule has 0 fully saturated rings. The van der Waals surface area contributed by atoms with E-state index >= 15 is 0 Å². The largest absolute Gasteiger partial charge is 0.287 e. The SMILES string of the molecule is CCC1(C)c2ccccc2-c2cc(-c3ccccc3C(C)(C)C)nc[n+]2C1C. The second kappa shape index (κ2) is 6.55. The Balaban J connectivity index is 1.95. The van der Waals surface area contributed by atoms with Gasteiger partial charge in [-0.2, -0.15) is 0 Å². The first-order valence-electron chi connectivity index (χ1n) is 10.4. The maximum Gasteiger partial charge on any atom is 0.287 e. The standard InChI is InChI=1S/C26H31N2/c1-7-26(6)18(2)28-17-27-23(16-24(28)20-13-9-11-15-22(20)26)19-12-8-10-14-21(19)25(3,4)5/h8-18H,7H2,1-6H3/q+1. The number of benzene rings is 2. The van der Waals surface area contributed by atoms with E-state index in [9.17, 15) is 0 Å². The van der Waals surface area contributed by atoms with Gasteiger partial charge < -0.3 is 0 Å². The predicted octanol–water partition coefficient (Wildman–Crippen LogP) is 6.24. The van der Waals surface area contributed by atoms with E-state index in [-0.39, 0.29) is 10.8 Å². The van der Waals surface area contributed by atoms with Crippen molar-refractivity contribution in [2.75, 3.05) is 0 Å². The second-order valence-corrected chi connectivity index (χ2v) is 9.35. The van der Waals surface area contributed by atoms with Crippen LogP contribution in [0.15, 0.2) is 60.9 Å². The third kappa shape index (κ3) is 2.78. The number of hydrogen-bond acceptors (Lipinski definition) is 1. The van der Waals surface area contributed by atoms with Crippen LogP contribution in [0.5, 0.6) is 0 Å². The van der Waals surface area contributed by atoms with Crippen molar-refractivity contribution in [3.8, 4) is 22.5 Å². The molecule has 0 saturated carbocycles. The number of hydrogen-bond donors (Lipinski definition) is 0. The highest BCUT2D eigenvalue weighted by Crippen LogP contribution is 2.45. The third-order valence-corrected chi connectivity index (χ3v) is 6.78. The number of rotatable bonds is 2. The fourth-order valence-electron chi connectivity index (χ4n) is 4.68. The lowest BCUT2D eigenvalue weighted by molar-refractivity contribution is -0.723. The maximum atomic E-state index is 4.92. The molecule has 2 heterocycles. The van der Waals surface area contributed by atoms with Gasteiger partial charge in [0.1, 0.15) is 11.7 Å². The topological polar surface area (TPSA) is 16.8 Å². The predicted molar refractivity (Wildman–Crippen MR) is 116 cm³/mol. The second-order valence-electron chi connectivity index (χ2n) is 9.35. The van der Waals surface area contributed by atoms with Crippen molar-refractivity contribution in [1.29, 1.82) is 0 Å². The molecule has 28 heavy (non-hydrogen) atoms. The van der Waals surface area contributed by atoms with E-state index in [1.807, 2.05) is 0 Å². The lowest BCUT2D eigenvalue weighted by atomic mass is 9.69. The van der Waals surface area contributed by atoms with E-state index in [0.717, 1.165) is 12.1 Å². The molecule has 0 N–H and O–H groups in total. The molecule has 4 rings (SSSR count). The van der Waals surface area contributed by atoms with Crippen molar-refractivity contribution < 1.29 is 4.57 Å². The average molecular weight is 372 g/mol. The van der Waals surface area contributed by atoms with Crippen molar-refractivity contribution in [3.05, 3.63) is 72.1 Å². The van der Waals surface area contributed by atoms with Crippen molar-refractivity contribution in [2.24, 2.45) is 0 Å². The Labute approximate surface area is 169 Å². The molecule has 0 saturated heterocycles. The molecule has 2 atom stereocenters. The van der Waals surface area contributed by atoms with Gasteiger partial charge in [0.25, 0.3) is 6.33 Å². The van der Waals surface area contributed by atoms with Gasteiger partial charge in [-0.3, -0.25) is 0 Å². The first kappa shape index (κ1) is 18.9. The molecule has 2 aromatic carbocycles. The van der Waals surface area contributed by atoms with E-state index in [1.165, 1.54) is 27.9 Å². The van der Waals surface area contributed by atoms with Crippen molar-refractivity contribution >= 4 is 0 Å². The average Bonchev–Trinajstić information content (AvgIpc) is 2.71. The molecule has 2 nitrogen and oxygen atoms in total. The third-order valence-electron chi connectivity index (χ3n) is 6.78. The fourth-order valence-corrected chi connectivity index (χ4v) is 4.68. The minimum atomic E-state index is 0.0767. The summed E-state index contributed by atoms with van der Waals surface area (Å²) in [6.07, 6.45) is 3.16. The zero-order valence-electron chi connectivity index (χ0n) is 18.0. The molecule has 1 aromatic heterocycles. The van der Waals surface area contributed by atoms with Crippen LogP contribution in [-0.4, -0.2) is 4.98 Å². The monoisotopic (exact) mass is 371 g/mol. The Morgan fingerprint density at radius 3 is 2.32 bits per heavy atom. The van der Waals surface area contributed by atoms with Crippen LogP contribution < -0.4 is 4.57 Å². The summed E-state index contributed by atoms with van der Waals surface area (Å²) in [5.74, 6) is 0. The lowest BCUT2D eigenvalue weighted by Gasteiger charge is -2.39. The first-order chi connectivity index (χ1) is 13.3. The zero-order chi connectivity index (χ0) is 20.1. The van der Waals surface area contributed by atoms with Gasteiger partial charge >= 0.3 is 0 Å². The number of nitrogens with zero attached hydrogens (tertiary/aromatic N) is 2. The Kier molecular flexibility index (Phi) is 4.41. The molecule has 144 valence electrons. The van der Waals surface area contributed by atoms with Crippen LogP contribution in [0.4, 0.5) is 0 Å². The molecule has 0 radical (unpaired) electrons. The van der Waals surface area contributed by atoms with E-state index < -0.39 is 0 Å². The summed E-state index contributed by atoms with van der Waals surface area (Å²) in [6.45, 7) is 13.8. The van der Waals surface area contributed by atoms with Gasteiger partial charge in [0, 0.05) is 22.6 Å². The molecular formula is C26H31N2+. The summed E-state index contributed by atoms with van der Waals surface area (Å²) in [5.41, 5.74) is 7.86. The van der Waals surface area contributed by atoms with Crippen LogP contribution in [0.1, 0.15) is 65.1 Å². The van der Waals surface area contributed by atoms with E-state index in [0.29, 0.717) is 6.04 Å². The van der Waals surface area contributed by atoms with Gasteiger partial charge in [-0.25, -0.2) is 4.57 Å². The highest BCUT2D eigenvalue weighted by Gasteiger charge is 2.43. The minimum Gasteiger partial charge on any atom is -0.226 e. The maximum absolute atomic E-state index is 4.92. The number of fused-ring (bicyclic) bond motifs is 3. The summed E-state index contributed by atoms with van der Waals surface area (Å²) in [7, 11) is 0. The van der Waals surface area contributed by atoms with Crippen molar-refractivity contribution in [3.63, 3.8) is 0 Å². The summed E-state index contributed by atoms with van der Waals surface area (Å²) in [5, 5.41) is 0. The van der Waals surface area contributed by atoms with Gasteiger partial charge in [-0.05, 0) is 34.9 Å². The summed E-state index contributed by atoms with van der Waals surface area (Å²) in [4.78, 5) is 4.92. The van der Waals surface area contributed by atoms with Gasteiger partial charge in [-0.1, -0.05) is 83.1 Å². The quantitative estimate of drug-likeness (QED) is 0.487. The Morgan fingerprint density at radius 1 is 1.00 bits per heavy atom. The van der Waals surface area contributed by atoms with E-state index in [2.05, 4.69) is 107 Å². The molecule has 0 spiro atoms. The van der Waals surface area contributed by atoms with Crippen LogP contribution in [0.25, 0.3) is 22.5 Å². The smallest absolute Gasteiger partial charge is 0.226 e. The molecular weight excluding hydrogens is 340 g/mol. The van der Waals surface area contributed by atoms with Crippen LogP contribution in [0.3, 0.4) is 0 Å². The zero-order valence-corrected chi connectivity index (χ0v) is 18.0. The highest BCUT2D eigenvalue weighted by molar-refractivity contribution is 5.72. The lowest BCUT2D eigenvalue weighted by Crippen LogP contribution is -2.53. The van der Waals surface area contributed by atoms with E-state index in [1.54, 1.807) is 0 Å². The van der Waals surface area contributed by atoms with Gasteiger partial charge in [0.05, 0.1) is 0 Å². The van der Waals surface area contributed by atoms with Gasteiger partial charge in [-0.15, -0.1) is 0 Å². The summed E-state index contributed by atoms with van der Waals surface area (Å²) < 4.78 is 2.37. The van der Waals surface area contributed by atoms with Gasteiger partial charge in [0.2, 0.25) is 0 Å². The van der Waals surface area contributed by atoms with Crippen molar-refractivity contribution in [2.45, 2.75) is 64.8 Å². The van der Waals surface area contributed by atoms with Gasteiger partial charge in [0.15, 0.2) is 5.69 Å². The minimum absolute atomic E-state index is 0.0767. The normalized spacial score (nSPS) is 21.1. The molecule has 0 amide bonds. The molecule has 0 bridgehead atoms. The Bertz CT molecular complexity index is 1030. The number of aromatic nitrogens is 2. The van der Waals surface area contributed by atoms with E-state index in [4.69, 9.17) is 4.98 Å². The molecule has 1 aliphatic rings. The molecule has 0 aliphatic carbocycles. The highest BCUT2D eigenvalue weighted by atomic mass is 15.1. The van der Waals surface area contributed by atoms with Crippen LogP contribution in [0, 0.1) is 0 Å². The van der Waals surface area contributed by atoms with Crippen LogP contribution in [0.2, 0.25) is 0 Å². The van der Waals surface area contributed by atoms with Crippen LogP contribution >= 0.6 is 0 Å². The van der Waals surface area contributed by atoms with Crippen molar-refractivity contribution in [1.82, 2.24) is 4.98 Å². The fraction of sp³-hybridized carbons (Fsp3) is 0.385. The Morgan fingerprint density at radius 2 is 1.64 bits per heavy atom. The van der Waals surface area contributed by atoms with Crippen LogP contribution in [-0.2, 0) is 10.8 Å². The molecule has 1 aliphatic heterocycles. The first-order valence-corrected chi connectivity index (χ1v) is 10.4. The molecule has 3 aromatic rings. The molecule has 2 heteroatoms. The summed E-state index contributed by atoms with van der Waals surface area (Å²) in [6, 6.07) is 20.2.